The molecule has 0 bridgehead atoms. The third-order valence-electron chi connectivity index (χ3n) is 5.32. The smallest absolute Gasteiger partial charge is 0.253 e. The van der Waals surface area contributed by atoms with Gasteiger partial charge in [-0.05, 0) is 19.3 Å². The molecule has 3 rings (SSSR count). The molecule has 1 aromatic rings. The second-order valence-electron chi connectivity index (χ2n) is 7.09. The monoisotopic (exact) mass is 371 g/mol. The van der Waals surface area contributed by atoms with E-state index in [4.69, 9.17) is 11.3 Å². The highest BCUT2D eigenvalue weighted by molar-refractivity contribution is 5.94. The quantitative estimate of drug-likeness (QED) is 0.761. The van der Waals surface area contributed by atoms with Gasteiger partial charge in [0, 0.05) is 31.7 Å². The summed E-state index contributed by atoms with van der Waals surface area (Å²) in [5, 5.41) is 0. The Morgan fingerprint density at radius 1 is 1.26 bits per heavy atom. The van der Waals surface area contributed by atoms with Gasteiger partial charge in [0.05, 0.1) is 12.2 Å². The molecule has 0 saturated carbocycles. The van der Waals surface area contributed by atoms with Crippen molar-refractivity contribution in [3.63, 3.8) is 0 Å². The van der Waals surface area contributed by atoms with Crippen molar-refractivity contribution in [2.24, 2.45) is 0 Å². The molecule has 2 fully saturated rings. The van der Waals surface area contributed by atoms with Crippen molar-refractivity contribution >= 4 is 17.5 Å². The highest BCUT2D eigenvalue weighted by Crippen LogP contribution is 2.31. The number of carbonyl (C=O) groups is 2. The van der Waals surface area contributed by atoms with E-state index >= 15 is 0 Å². The topological polar surface area (TPSA) is 54.2 Å². The third kappa shape index (κ3) is 4.67. The average molecular weight is 371 g/mol. The Balaban J connectivity index is 0.00000261. The molecule has 1 spiro atoms. The van der Waals surface area contributed by atoms with Gasteiger partial charge in [-0.1, -0.05) is 45.0 Å². The summed E-state index contributed by atoms with van der Waals surface area (Å²) in [6, 6.07) is 6.77. The molecular formula is C21H29N3O3. The predicted octanol–water partition coefficient (Wildman–Crippen LogP) is 3.51. The SMILES string of the molecule is C.[C-]#[N+]c1ccc(C(=O)N2CCC3(CC2)CN(CCCC)C(=O)CO3)cc1. The summed E-state index contributed by atoms with van der Waals surface area (Å²) < 4.78 is 5.93. The van der Waals surface area contributed by atoms with Crippen LogP contribution in [0.15, 0.2) is 24.3 Å². The van der Waals surface area contributed by atoms with Crippen molar-refractivity contribution in [2.75, 3.05) is 32.8 Å². The highest BCUT2D eigenvalue weighted by Gasteiger charge is 2.42. The summed E-state index contributed by atoms with van der Waals surface area (Å²) in [5.74, 6) is 0.0635. The Bertz CT molecular complexity index is 700. The molecule has 2 heterocycles. The number of piperidine rings is 1. The normalized spacial score (nSPS) is 18.7. The molecule has 6 heteroatoms. The van der Waals surface area contributed by atoms with Gasteiger partial charge in [-0.25, -0.2) is 4.85 Å². The van der Waals surface area contributed by atoms with Gasteiger partial charge in [-0.2, -0.15) is 0 Å². The Labute approximate surface area is 161 Å². The number of rotatable bonds is 4. The number of likely N-dealkylation sites (tertiary alicyclic amines) is 1. The van der Waals surface area contributed by atoms with Crippen LogP contribution in [0.1, 0.15) is 50.4 Å². The number of benzene rings is 1. The Hall–Kier alpha value is -2.39. The molecule has 0 aromatic heterocycles. The minimum absolute atomic E-state index is 0. The molecule has 6 nitrogen and oxygen atoms in total. The summed E-state index contributed by atoms with van der Waals surface area (Å²) in [7, 11) is 0. The Morgan fingerprint density at radius 2 is 1.93 bits per heavy atom. The van der Waals surface area contributed by atoms with Crippen molar-refractivity contribution in [3.05, 3.63) is 41.2 Å². The van der Waals surface area contributed by atoms with Crippen LogP contribution in [0, 0.1) is 6.57 Å². The first-order valence-corrected chi connectivity index (χ1v) is 9.25. The van der Waals surface area contributed by atoms with Crippen LogP contribution >= 0.6 is 0 Å². The second-order valence-corrected chi connectivity index (χ2v) is 7.09. The van der Waals surface area contributed by atoms with Crippen LogP contribution in [0.2, 0.25) is 0 Å². The van der Waals surface area contributed by atoms with Crippen LogP contribution in [0.4, 0.5) is 5.69 Å². The first-order chi connectivity index (χ1) is 12.6. The first-order valence-electron chi connectivity index (χ1n) is 9.25. The number of unbranched alkanes of at least 4 members (excludes halogenated alkanes) is 1. The van der Waals surface area contributed by atoms with Crippen LogP contribution in [0.5, 0.6) is 0 Å². The van der Waals surface area contributed by atoms with Gasteiger partial charge in [-0.3, -0.25) is 9.59 Å². The average Bonchev–Trinajstić information content (AvgIpc) is 2.69. The molecule has 0 unspecified atom stereocenters. The predicted molar refractivity (Wildman–Crippen MR) is 105 cm³/mol. The lowest BCUT2D eigenvalue weighted by Gasteiger charge is -2.47. The summed E-state index contributed by atoms with van der Waals surface area (Å²) in [6.07, 6.45) is 3.56. The van der Waals surface area contributed by atoms with Crippen molar-refractivity contribution in [3.8, 4) is 0 Å². The maximum Gasteiger partial charge on any atom is 0.253 e. The van der Waals surface area contributed by atoms with Crippen molar-refractivity contribution in [2.45, 2.75) is 45.6 Å². The molecule has 27 heavy (non-hydrogen) atoms. The fourth-order valence-electron chi connectivity index (χ4n) is 3.62. The van der Waals surface area contributed by atoms with Crippen molar-refractivity contribution < 1.29 is 14.3 Å². The van der Waals surface area contributed by atoms with Gasteiger partial charge in [0.1, 0.15) is 6.61 Å². The number of carbonyl (C=O) groups excluding carboxylic acids is 2. The number of amides is 2. The van der Waals surface area contributed by atoms with Crippen LogP contribution in [-0.2, 0) is 9.53 Å². The third-order valence-corrected chi connectivity index (χ3v) is 5.32. The molecule has 2 amide bonds. The van der Waals surface area contributed by atoms with E-state index in [2.05, 4.69) is 11.8 Å². The molecule has 0 atom stereocenters. The van der Waals surface area contributed by atoms with E-state index in [9.17, 15) is 9.59 Å². The molecule has 0 N–H and O–H groups in total. The second kappa shape index (κ2) is 9.01. The fraction of sp³-hybridized carbons (Fsp3) is 0.571. The van der Waals surface area contributed by atoms with E-state index < -0.39 is 0 Å². The number of morpholine rings is 1. The minimum atomic E-state index is -0.313. The zero-order valence-electron chi connectivity index (χ0n) is 15.2. The van der Waals surface area contributed by atoms with Gasteiger partial charge in [0.15, 0.2) is 5.69 Å². The van der Waals surface area contributed by atoms with Crippen LogP contribution in [0.25, 0.3) is 4.85 Å². The van der Waals surface area contributed by atoms with Gasteiger partial charge in [-0.15, -0.1) is 0 Å². The first kappa shape index (κ1) is 20.9. The molecule has 2 aliphatic heterocycles. The van der Waals surface area contributed by atoms with Gasteiger partial charge < -0.3 is 14.5 Å². The van der Waals surface area contributed by atoms with Crippen LogP contribution in [-0.4, -0.2) is 60.0 Å². The lowest BCUT2D eigenvalue weighted by atomic mass is 9.88. The van der Waals surface area contributed by atoms with Crippen LogP contribution in [0.3, 0.4) is 0 Å². The van der Waals surface area contributed by atoms with Gasteiger partial charge in [0.2, 0.25) is 5.91 Å². The lowest BCUT2D eigenvalue weighted by molar-refractivity contribution is -0.170. The van der Waals surface area contributed by atoms with Crippen molar-refractivity contribution in [1.29, 1.82) is 0 Å². The minimum Gasteiger partial charge on any atom is -0.363 e. The molecule has 0 aliphatic carbocycles. The summed E-state index contributed by atoms with van der Waals surface area (Å²) in [4.78, 5) is 31.8. The highest BCUT2D eigenvalue weighted by atomic mass is 16.5. The maximum absolute atomic E-state index is 12.7. The molecule has 2 aliphatic rings. The van der Waals surface area contributed by atoms with E-state index in [0.717, 1.165) is 32.2 Å². The zero-order valence-corrected chi connectivity index (χ0v) is 15.2. The van der Waals surface area contributed by atoms with Gasteiger partial charge in [0.25, 0.3) is 5.91 Å². The molecule has 146 valence electrons. The van der Waals surface area contributed by atoms with E-state index in [1.807, 2.05) is 9.80 Å². The fourth-order valence-corrected chi connectivity index (χ4v) is 3.62. The van der Waals surface area contributed by atoms with E-state index in [1.165, 1.54) is 0 Å². The lowest BCUT2D eigenvalue weighted by Crippen LogP contribution is -2.59. The molecule has 1 aromatic carbocycles. The number of hydrogen-bond donors (Lipinski definition) is 0. The van der Waals surface area contributed by atoms with E-state index in [1.54, 1.807) is 24.3 Å². The van der Waals surface area contributed by atoms with Crippen LogP contribution < -0.4 is 0 Å². The Morgan fingerprint density at radius 3 is 2.52 bits per heavy atom. The van der Waals surface area contributed by atoms with Crippen molar-refractivity contribution in [1.82, 2.24) is 9.80 Å². The number of hydrogen-bond acceptors (Lipinski definition) is 3. The summed E-state index contributed by atoms with van der Waals surface area (Å²) >= 11 is 0. The molecule has 0 radical (unpaired) electrons. The number of nitrogens with zero attached hydrogens (tertiary/aromatic N) is 3. The summed E-state index contributed by atoms with van der Waals surface area (Å²) in [6.45, 7) is 11.9. The summed E-state index contributed by atoms with van der Waals surface area (Å²) in [5.41, 5.74) is 0.830. The maximum atomic E-state index is 12.7. The molecular weight excluding hydrogens is 342 g/mol. The number of ether oxygens (including phenoxy) is 1. The molecule has 2 saturated heterocycles. The van der Waals surface area contributed by atoms with E-state index in [0.29, 0.717) is 30.9 Å². The van der Waals surface area contributed by atoms with Gasteiger partial charge >= 0.3 is 0 Å². The standard InChI is InChI=1S/C20H25N3O3.CH4/c1-3-4-11-23-15-20(26-14-18(23)24)9-12-22(13-10-20)19(25)16-5-7-17(21-2)8-6-16;/h5-8H,3-4,9-15H2,1H3;1H4. The largest absolute Gasteiger partial charge is 0.363 e. The zero-order chi connectivity index (χ0) is 18.6. The van der Waals surface area contributed by atoms with E-state index in [-0.39, 0.29) is 31.4 Å². The Kier molecular flexibility index (Phi) is 6.98.